The number of ether oxygens (including phenoxy) is 1. The minimum absolute atomic E-state index is 0.0127. The third-order valence-corrected chi connectivity index (χ3v) is 8.26. The highest BCUT2D eigenvalue weighted by Gasteiger charge is 2.24. The lowest BCUT2D eigenvalue weighted by Crippen LogP contribution is -2.33. The SMILES string of the molecule is CCN(C(=O)CSc1nc2sc3c(c2c(=O)n1CCOC)CCCC3)C1=CCCCC1. The van der Waals surface area contributed by atoms with Crippen LogP contribution >= 0.6 is 23.1 Å². The van der Waals surface area contributed by atoms with E-state index in [1.165, 1.54) is 35.0 Å². The predicted octanol–water partition coefficient (Wildman–Crippen LogP) is 4.38. The average molecular weight is 462 g/mol. The molecule has 31 heavy (non-hydrogen) atoms. The number of carbonyl (C=O) groups is 1. The highest BCUT2D eigenvalue weighted by Crippen LogP contribution is 2.34. The predicted molar refractivity (Wildman–Crippen MR) is 127 cm³/mol. The van der Waals surface area contributed by atoms with E-state index < -0.39 is 0 Å². The van der Waals surface area contributed by atoms with Gasteiger partial charge >= 0.3 is 0 Å². The molecule has 2 aliphatic carbocycles. The van der Waals surface area contributed by atoms with Gasteiger partial charge in [-0.2, -0.15) is 0 Å². The van der Waals surface area contributed by atoms with E-state index >= 15 is 0 Å². The van der Waals surface area contributed by atoms with Gasteiger partial charge in [0.1, 0.15) is 4.83 Å². The fourth-order valence-electron chi connectivity index (χ4n) is 4.52. The standard InChI is InChI=1S/C23H31N3O3S2/c1-3-25(16-9-5-4-6-10-16)19(27)15-30-23-24-21-20(22(28)26(23)13-14-29-2)17-11-7-8-12-18(17)31-21/h9H,3-8,10-15H2,1-2H3. The fraction of sp³-hybridized carbons (Fsp3) is 0.609. The molecule has 0 N–H and O–H groups in total. The van der Waals surface area contributed by atoms with E-state index in [1.54, 1.807) is 23.0 Å². The highest BCUT2D eigenvalue weighted by molar-refractivity contribution is 7.99. The van der Waals surface area contributed by atoms with Crippen molar-refractivity contribution in [1.29, 1.82) is 0 Å². The van der Waals surface area contributed by atoms with Crippen LogP contribution in [0.1, 0.15) is 55.9 Å². The second kappa shape index (κ2) is 10.3. The summed E-state index contributed by atoms with van der Waals surface area (Å²) in [7, 11) is 1.64. The van der Waals surface area contributed by atoms with Gasteiger partial charge in [0.15, 0.2) is 5.16 Å². The van der Waals surface area contributed by atoms with Crippen LogP contribution in [0.5, 0.6) is 0 Å². The summed E-state index contributed by atoms with van der Waals surface area (Å²) in [6, 6.07) is 0. The number of methoxy groups -OCH3 is 1. The van der Waals surface area contributed by atoms with Crippen molar-refractivity contribution in [1.82, 2.24) is 14.5 Å². The molecule has 0 aromatic carbocycles. The minimum atomic E-state index is 0.0127. The van der Waals surface area contributed by atoms with E-state index in [4.69, 9.17) is 9.72 Å². The van der Waals surface area contributed by atoms with Crippen molar-refractivity contribution in [2.24, 2.45) is 0 Å². The molecule has 0 bridgehead atoms. The Bertz CT molecular complexity index is 1040. The van der Waals surface area contributed by atoms with Gasteiger partial charge in [-0.3, -0.25) is 14.2 Å². The fourth-order valence-corrected chi connectivity index (χ4v) is 6.72. The van der Waals surface area contributed by atoms with Gasteiger partial charge in [-0.1, -0.05) is 17.8 Å². The molecule has 4 rings (SSSR count). The molecular formula is C23H31N3O3S2. The van der Waals surface area contributed by atoms with Crippen LogP contribution in [0.15, 0.2) is 21.7 Å². The smallest absolute Gasteiger partial charge is 0.263 e. The number of thioether (sulfide) groups is 1. The van der Waals surface area contributed by atoms with Gasteiger partial charge in [0.05, 0.1) is 24.3 Å². The number of allylic oxidation sites excluding steroid dienone is 2. The Labute approximate surface area is 191 Å². The summed E-state index contributed by atoms with van der Waals surface area (Å²) in [5, 5.41) is 1.41. The number of fused-ring (bicyclic) bond motifs is 3. The first-order valence-electron chi connectivity index (χ1n) is 11.3. The van der Waals surface area contributed by atoms with Gasteiger partial charge in [0.2, 0.25) is 5.91 Å². The van der Waals surface area contributed by atoms with Crippen molar-refractivity contribution in [3.05, 3.63) is 32.6 Å². The van der Waals surface area contributed by atoms with Crippen LogP contribution < -0.4 is 5.56 Å². The molecule has 2 aromatic heterocycles. The van der Waals surface area contributed by atoms with Crippen LogP contribution in [0.2, 0.25) is 0 Å². The zero-order valence-corrected chi connectivity index (χ0v) is 20.1. The van der Waals surface area contributed by atoms with Gasteiger partial charge in [-0.25, -0.2) is 4.98 Å². The summed E-state index contributed by atoms with van der Waals surface area (Å²) in [4.78, 5) is 35.3. The maximum Gasteiger partial charge on any atom is 0.263 e. The number of nitrogens with zero attached hydrogens (tertiary/aromatic N) is 3. The van der Waals surface area contributed by atoms with E-state index in [-0.39, 0.29) is 17.2 Å². The molecule has 0 saturated heterocycles. The molecule has 168 valence electrons. The maximum atomic E-state index is 13.4. The van der Waals surface area contributed by atoms with Gasteiger partial charge < -0.3 is 9.64 Å². The number of aryl methyl sites for hydroxylation is 2. The van der Waals surface area contributed by atoms with Crippen LogP contribution in [0.25, 0.3) is 10.2 Å². The second-order valence-electron chi connectivity index (χ2n) is 8.10. The lowest BCUT2D eigenvalue weighted by Gasteiger charge is -2.26. The highest BCUT2D eigenvalue weighted by atomic mass is 32.2. The molecule has 0 aliphatic heterocycles. The maximum absolute atomic E-state index is 13.4. The Morgan fingerprint density at radius 3 is 2.81 bits per heavy atom. The quantitative estimate of drug-likeness (QED) is 0.431. The molecule has 2 aliphatic rings. The van der Waals surface area contributed by atoms with Gasteiger partial charge in [-0.05, 0) is 63.9 Å². The number of hydrogen-bond acceptors (Lipinski definition) is 6. The number of hydrogen-bond donors (Lipinski definition) is 0. The third-order valence-electron chi connectivity index (χ3n) is 6.11. The van der Waals surface area contributed by atoms with Crippen molar-refractivity contribution in [2.75, 3.05) is 26.0 Å². The second-order valence-corrected chi connectivity index (χ2v) is 10.1. The van der Waals surface area contributed by atoms with Gasteiger partial charge in [-0.15, -0.1) is 11.3 Å². The molecule has 0 fully saturated rings. The molecule has 2 aromatic rings. The zero-order chi connectivity index (χ0) is 21.8. The van der Waals surface area contributed by atoms with Crippen LogP contribution in [-0.2, 0) is 28.9 Å². The van der Waals surface area contributed by atoms with Crippen molar-refractivity contribution < 1.29 is 9.53 Å². The summed E-state index contributed by atoms with van der Waals surface area (Å²) < 4.78 is 6.96. The van der Waals surface area contributed by atoms with Crippen LogP contribution in [0, 0.1) is 0 Å². The molecule has 6 nitrogen and oxygen atoms in total. The number of carbonyl (C=O) groups excluding carboxylic acids is 1. The van der Waals surface area contributed by atoms with E-state index in [1.807, 2.05) is 11.8 Å². The Balaban J connectivity index is 1.62. The van der Waals surface area contributed by atoms with Crippen LogP contribution in [0.3, 0.4) is 0 Å². The molecule has 0 unspecified atom stereocenters. The molecule has 0 saturated carbocycles. The summed E-state index contributed by atoms with van der Waals surface area (Å²) in [6.07, 6.45) is 10.9. The van der Waals surface area contributed by atoms with Crippen molar-refractivity contribution in [3.8, 4) is 0 Å². The minimum Gasteiger partial charge on any atom is -0.383 e. The summed E-state index contributed by atoms with van der Waals surface area (Å²) >= 11 is 3.03. The number of rotatable bonds is 8. The van der Waals surface area contributed by atoms with E-state index in [0.717, 1.165) is 54.4 Å². The third kappa shape index (κ3) is 4.76. The zero-order valence-electron chi connectivity index (χ0n) is 18.4. The molecule has 0 spiro atoms. The van der Waals surface area contributed by atoms with Crippen molar-refractivity contribution in [2.45, 2.75) is 70.0 Å². The number of thiophene rings is 1. The van der Waals surface area contributed by atoms with E-state index in [0.29, 0.717) is 24.9 Å². The first-order valence-corrected chi connectivity index (χ1v) is 13.1. The van der Waals surface area contributed by atoms with E-state index in [2.05, 4.69) is 6.08 Å². The van der Waals surface area contributed by atoms with Crippen LogP contribution in [0.4, 0.5) is 0 Å². The first kappa shape index (κ1) is 22.6. The largest absolute Gasteiger partial charge is 0.383 e. The van der Waals surface area contributed by atoms with Crippen molar-refractivity contribution >= 4 is 39.2 Å². The Kier molecular flexibility index (Phi) is 7.51. The molecule has 0 atom stereocenters. The molecular weight excluding hydrogens is 430 g/mol. The number of amides is 1. The number of aromatic nitrogens is 2. The van der Waals surface area contributed by atoms with Gasteiger partial charge in [0, 0.05) is 24.2 Å². The lowest BCUT2D eigenvalue weighted by atomic mass is 9.97. The monoisotopic (exact) mass is 461 g/mol. The normalized spacial score (nSPS) is 16.3. The molecule has 0 radical (unpaired) electrons. The molecule has 8 heteroatoms. The molecule has 2 heterocycles. The lowest BCUT2D eigenvalue weighted by molar-refractivity contribution is -0.126. The first-order chi connectivity index (χ1) is 15.1. The van der Waals surface area contributed by atoms with Gasteiger partial charge in [0.25, 0.3) is 5.56 Å². The Morgan fingerprint density at radius 2 is 2.06 bits per heavy atom. The Hall–Kier alpha value is -1.64. The summed E-state index contributed by atoms with van der Waals surface area (Å²) in [5.74, 6) is 0.361. The van der Waals surface area contributed by atoms with E-state index in [9.17, 15) is 9.59 Å². The molecule has 1 amide bonds. The topological polar surface area (TPSA) is 64.4 Å². The Morgan fingerprint density at radius 1 is 1.26 bits per heavy atom. The van der Waals surface area contributed by atoms with Crippen molar-refractivity contribution in [3.63, 3.8) is 0 Å². The summed E-state index contributed by atoms with van der Waals surface area (Å²) in [6.45, 7) is 3.58. The van der Waals surface area contributed by atoms with Crippen LogP contribution in [-0.4, -0.2) is 46.4 Å². The summed E-state index contributed by atoms with van der Waals surface area (Å²) in [5.41, 5.74) is 2.35. The average Bonchev–Trinajstić information content (AvgIpc) is 3.17.